The van der Waals surface area contributed by atoms with E-state index in [4.69, 9.17) is 0 Å². The SMILES string of the molecule is CNCCCN1C=CNC1. The number of hydrogen-bond acceptors (Lipinski definition) is 3. The molecule has 2 N–H and O–H groups in total. The highest BCUT2D eigenvalue weighted by molar-refractivity contribution is 4.86. The first-order valence-corrected chi connectivity index (χ1v) is 3.72. The van der Waals surface area contributed by atoms with Crippen molar-refractivity contribution in [1.29, 1.82) is 0 Å². The Hall–Kier alpha value is -0.700. The second-order valence-electron chi connectivity index (χ2n) is 2.45. The molecular weight excluding hydrogens is 126 g/mol. The van der Waals surface area contributed by atoms with Gasteiger partial charge in [0.2, 0.25) is 0 Å². The Morgan fingerprint density at radius 1 is 1.70 bits per heavy atom. The van der Waals surface area contributed by atoms with Crippen LogP contribution >= 0.6 is 0 Å². The minimum absolute atomic E-state index is 0.976. The maximum Gasteiger partial charge on any atom is 0.0867 e. The highest BCUT2D eigenvalue weighted by atomic mass is 15.2. The summed E-state index contributed by atoms with van der Waals surface area (Å²) < 4.78 is 0. The minimum Gasteiger partial charge on any atom is -0.373 e. The molecule has 58 valence electrons. The number of hydrogen-bond donors (Lipinski definition) is 2. The lowest BCUT2D eigenvalue weighted by molar-refractivity contribution is 0.382. The number of rotatable bonds is 4. The lowest BCUT2D eigenvalue weighted by Crippen LogP contribution is -2.24. The van der Waals surface area contributed by atoms with Crippen LogP contribution in [-0.4, -0.2) is 31.7 Å². The Kier molecular flexibility index (Phi) is 3.09. The van der Waals surface area contributed by atoms with E-state index in [9.17, 15) is 0 Å². The molecule has 0 unspecified atom stereocenters. The molecule has 10 heavy (non-hydrogen) atoms. The van der Waals surface area contributed by atoms with Crippen LogP contribution in [0.4, 0.5) is 0 Å². The summed E-state index contributed by atoms with van der Waals surface area (Å²) in [5.41, 5.74) is 0. The highest BCUT2D eigenvalue weighted by Gasteiger charge is 2.00. The van der Waals surface area contributed by atoms with Gasteiger partial charge in [0.15, 0.2) is 0 Å². The van der Waals surface area contributed by atoms with Gasteiger partial charge in [-0.05, 0) is 20.0 Å². The first-order valence-electron chi connectivity index (χ1n) is 3.72. The summed E-state index contributed by atoms with van der Waals surface area (Å²) in [7, 11) is 1.98. The molecule has 1 aliphatic heterocycles. The Bertz CT molecular complexity index is 111. The van der Waals surface area contributed by atoms with Crippen molar-refractivity contribution in [2.45, 2.75) is 6.42 Å². The van der Waals surface area contributed by atoms with Gasteiger partial charge >= 0.3 is 0 Å². The van der Waals surface area contributed by atoms with E-state index >= 15 is 0 Å². The lowest BCUT2D eigenvalue weighted by atomic mass is 10.4. The van der Waals surface area contributed by atoms with Crippen molar-refractivity contribution in [2.75, 3.05) is 26.8 Å². The molecule has 0 aromatic heterocycles. The van der Waals surface area contributed by atoms with Crippen LogP contribution in [0.1, 0.15) is 6.42 Å². The molecule has 1 rings (SSSR count). The maximum absolute atomic E-state index is 3.12. The molecule has 0 saturated carbocycles. The smallest absolute Gasteiger partial charge is 0.0867 e. The van der Waals surface area contributed by atoms with Gasteiger partial charge in [-0.2, -0.15) is 0 Å². The third-order valence-corrected chi connectivity index (χ3v) is 1.57. The normalized spacial score (nSPS) is 15.9. The van der Waals surface area contributed by atoms with Crippen LogP contribution in [0.15, 0.2) is 12.4 Å². The van der Waals surface area contributed by atoms with E-state index in [1.54, 1.807) is 0 Å². The van der Waals surface area contributed by atoms with Gasteiger partial charge in [-0.1, -0.05) is 0 Å². The van der Waals surface area contributed by atoms with Crippen LogP contribution in [0.5, 0.6) is 0 Å². The molecule has 0 amide bonds. The average molecular weight is 141 g/mol. The van der Waals surface area contributed by atoms with Crippen molar-refractivity contribution in [3.05, 3.63) is 12.4 Å². The third kappa shape index (κ3) is 2.27. The first kappa shape index (κ1) is 7.41. The molecule has 0 saturated heterocycles. The molecule has 0 atom stereocenters. The molecule has 0 aliphatic carbocycles. The van der Waals surface area contributed by atoms with Crippen molar-refractivity contribution >= 4 is 0 Å². The second kappa shape index (κ2) is 4.17. The average Bonchev–Trinajstić information content (AvgIpc) is 2.41. The van der Waals surface area contributed by atoms with Crippen LogP contribution in [0.25, 0.3) is 0 Å². The van der Waals surface area contributed by atoms with Gasteiger partial charge in [0.1, 0.15) is 0 Å². The van der Waals surface area contributed by atoms with E-state index < -0.39 is 0 Å². The van der Waals surface area contributed by atoms with Crippen LogP contribution in [0.3, 0.4) is 0 Å². The van der Waals surface area contributed by atoms with Gasteiger partial charge in [0.25, 0.3) is 0 Å². The van der Waals surface area contributed by atoms with Gasteiger partial charge < -0.3 is 15.5 Å². The van der Waals surface area contributed by atoms with Crippen molar-refractivity contribution in [3.8, 4) is 0 Å². The van der Waals surface area contributed by atoms with Crippen molar-refractivity contribution in [3.63, 3.8) is 0 Å². The van der Waals surface area contributed by atoms with E-state index in [0.29, 0.717) is 0 Å². The van der Waals surface area contributed by atoms with Gasteiger partial charge in [-0.15, -0.1) is 0 Å². The first-order chi connectivity index (χ1) is 4.93. The molecule has 0 aromatic rings. The summed E-state index contributed by atoms with van der Waals surface area (Å²) in [6, 6.07) is 0. The number of nitrogens with one attached hydrogen (secondary N) is 2. The largest absolute Gasteiger partial charge is 0.373 e. The maximum atomic E-state index is 3.12. The predicted octanol–water partition coefficient (Wildman–Crippen LogP) is -0.0702. The lowest BCUT2D eigenvalue weighted by Gasteiger charge is -2.13. The van der Waals surface area contributed by atoms with Crippen LogP contribution in [0.2, 0.25) is 0 Å². The van der Waals surface area contributed by atoms with E-state index in [-0.39, 0.29) is 0 Å². The van der Waals surface area contributed by atoms with Crippen LogP contribution in [0, 0.1) is 0 Å². The summed E-state index contributed by atoms with van der Waals surface area (Å²) >= 11 is 0. The highest BCUT2D eigenvalue weighted by Crippen LogP contribution is 1.94. The summed E-state index contributed by atoms with van der Waals surface area (Å²) in [5.74, 6) is 0. The van der Waals surface area contributed by atoms with Gasteiger partial charge in [0, 0.05) is 18.9 Å². The van der Waals surface area contributed by atoms with Gasteiger partial charge in [0.05, 0.1) is 6.67 Å². The summed E-state index contributed by atoms with van der Waals surface area (Å²) in [6.07, 6.45) is 5.29. The fourth-order valence-electron chi connectivity index (χ4n) is 0.993. The predicted molar refractivity (Wildman–Crippen MR) is 42.4 cm³/mol. The molecule has 1 heterocycles. The van der Waals surface area contributed by atoms with Crippen LogP contribution in [-0.2, 0) is 0 Å². The van der Waals surface area contributed by atoms with E-state index in [2.05, 4.69) is 21.7 Å². The Labute approximate surface area is 62.1 Å². The van der Waals surface area contributed by atoms with Crippen LogP contribution < -0.4 is 10.6 Å². The van der Waals surface area contributed by atoms with E-state index in [0.717, 1.165) is 19.8 Å². The topological polar surface area (TPSA) is 27.3 Å². The molecule has 1 aliphatic rings. The molecule has 0 spiro atoms. The molecule has 0 aromatic carbocycles. The zero-order valence-corrected chi connectivity index (χ0v) is 6.43. The standard InChI is InChI=1S/C7H15N3/c1-8-3-2-5-10-6-4-9-7-10/h4,6,8-9H,2-3,5,7H2,1H3. The van der Waals surface area contributed by atoms with E-state index in [1.165, 1.54) is 6.42 Å². The Morgan fingerprint density at radius 2 is 2.60 bits per heavy atom. The summed E-state index contributed by atoms with van der Waals surface area (Å²) in [6.45, 7) is 3.22. The zero-order chi connectivity index (χ0) is 7.23. The van der Waals surface area contributed by atoms with Crippen molar-refractivity contribution in [1.82, 2.24) is 15.5 Å². The number of nitrogens with zero attached hydrogens (tertiary/aromatic N) is 1. The summed E-state index contributed by atoms with van der Waals surface area (Å²) in [4.78, 5) is 2.26. The molecular formula is C7H15N3. The monoisotopic (exact) mass is 141 g/mol. The summed E-state index contributed by atoms with van der Waals surface area (Å²) in [5, 5.41) is 6.24. The second-order valence-corrected chi connectivity index (χ2v) is 2.45. The zero-order valence-electron chi connectivity index (χ0n) is 6.43. The Morgan fingerprint density at radius 3 is 3.20 bits per heavy atom. The van der Waals surface area contributed by atoms with E-state index in [1.807, 2.05) is 13.2 Å². The quantitative estimate of drug-likeness (QED) is 0.537. The van der Waals surface area contributed by atoms with Gasteiger partial charge in [-0.3, -0.25) is 0 Å². The van der Waals surface area contributed by atoms with Crippen molar-refractivity contribution in [2.24, 2.45) is 0 Å². The molecule has 3 heteroatoms. The minimum atomic E-state index is 0.976. The molecule has 3 nitrogen and oxygen atoms in total. The molecule has 0 radical (unpaired) electrons. The fraction of sp³-hybridized carbons (Fsp3) is 0.714. The Balaban J connectivity index is 1.97. The van der Waals surface area contributed by atoms with Gasteiger partial charge in [-0.25, -0.2) is 0 Å². The molecule has 0 fully saturated rings. The van der Waals surface area contributed by atoms with Crippen molar-refractivity contribution < 1.29 is 0 Å². The fourth-order valence-corrected chi connectivity index (χ4v) is 0.993. The molecule has 0 bridgehead atoms. The third-order valence-electron chi connectivity index (χ3n) is 1.57.